The molecular weight excluding hydrogens is 398 g/mol. The Balaban J connectivity index is 1.42. The van der Waals surface area contributed by atoms with Crippen LogP contribution in [-0.2, 0) is 0 Å². The van der Waals surface area contributed by atoms with Crippen molar-refractivity contribution in [2.24, 2.45) is 4.99 Å². The quantitative estimate of drug-likeness (QED) is 0.329. The topological polar surface area (TPSA) is 121 Å². The van der Waals surface area contributed by atoms with Gasteiger partial charge >= 0.3 is 11.8 Å². The van der Waals surface area contributed by atoms with Crippen LogP contribution in [-0.4, -0.2) is 71.2 Å². The minimum absolute atomic E-state index is 0.0340. The summed E-state index contributed by atoms with van der Waals surface area (Å²) in [5, 5.41) is 18.1. The molecule has 0 bridgehead atoms. The fourth-order valence-electron chi connectivity index (χ4n) is 3.79. The van der Waals surface area contributed by atoms with E-state index in [0.29, 0.717) is 18.3 Å². The molecule has 4 rings (SSSR count). The number of anilines is 1. The van der Waals surface area contributed by atoms with Crippen molar-refractivity contribution in [2.75, 3.05) is 44.7 Å². The maximum atomic E-state index is 10.7. The van der Waals surface area contributed by atoms with E-state index >= 15 is 0 Å². The lowest BCUT2D eigenvalue weighted by Crippen LogP contribution is -2.46. The van der Waals surface area contributed by atoms with Gasteiger partial charge in [0.2, 0.25) is 0 Å². The number of nitrogens with one attached hydrogen (secondary N) is 1. The van der Waals surface area contributed by atoms with Crippen LogP contribution in [0.15, 0.2) is 53.4 Å². The molecule has 2 aromatic rings. The molecule has 0 radical (unpaired) electrons. The number of para-hydroxylation sites is 1. The van der Waals surface area contributed by atoms with Crippen molar-refractivity contribution in [3.8, 4) is 17.1 Å². The molecule has 160 valence electrons. The van der Waals surface area contributed by atoms with Gasteiger partial charge in [0.1, 0.15) is 0 Å². The average Bonchev–Trinajstić information content (AvgIpc) is 3.27. The molecule has 1 saturated heterocycles. The van der Waals surface area contributed by atoms with Crippen LogP contribution in [0.5, 0.6) is 6.01 Å². The minimum Gasteiger partial charge on any atom is -0.467 e. The van der Waals surface area contributed by atoms with Gasteiger partial charge in [-0.3, -0.25) is 4.99 Å². The van der Waals surface area contributed by atoms with Crippen molar-refractivity contribution in [2.45, 2.75) is 6.42 Å². The molecule has 1 N–H and O–H groups in total. The van der Waals surface area contributed by atoms with Crippen molar-refractivity contribution in [3.05, 3.63) is 58.5 Å². The fourth-order valence-corrected chi connectivity index (χ4v) is 3.79. The Labute approximate surface area is 179 Å². The summed E-state index contributed by atoms with van der Waals surface area (Å²) in [5.41, 5.74) is 4.80. The largest absolute Gasteiger partial charge is 0.467 e. The van der Waals surface area contributed by atoms with E-state index in [0.717, 1.165) is 48.7 Å². The number of allylic oxidation sites excluding steroid dienone is 1. The minimum atomic E-state index is -0.668. The molecular formula is C21H23N7O3. The van der Waals surface area contributed by atoms with Crippen molar-refractivity contribution in [3.63, 3.8) is 0 Å². The molecule has 0 saturated carbocycles. The van der Waals surface area contributed by atoms with Crippen LogP contribution in [0.3, 0.4) is 0 Å². The zero-order chi connectivity index (χ0) is 21.8. The van der Waals surface area contributed by atoms with Gasteiger partial charge in [0.05, 0.1) is 20.1 Å². The number of rotatable bonds is 6. The van der Waals surface area contributed by atoms with Crippen LogP contribution in [0, 0.1) is 15.5 Å². The molecule has 1 aromatic heterocycles. The first kappa shape index (κ1) is 20.5. The number of amidine groups is 1. The van der Waals surface area contributed by atoms with Gasteiger partial charge in [-0.2, -0.15) is 0 Å². The normalized spacial score (nSPS) is 16.0. The molecule has 1 aromatic carbocycles. The van der Waals surface area contributed by atoms with Crippen LogP contribution in [0.4, 0.5) is 5.69 Å². The predicted molar refractivity (Wildman–Crippen MR) is 118 cm³/mol. The number of nitrogens with zero attached hydrogens (tertiary/aromatic N) is 6. The van der Waals surface area contributed by atoms with Crippen molar-refractivity contribution >= 4 is 17.2 Å². The van der Waals surface area contributed by atoms with E-state index in [9.17, 15) is 10.1 Å². The van der Waals surface area contributed by atoms with Crippen LogP contribution < -0.4 is 9.64 Å². The molecule has 0 amide bonds. The van der Waals surface area contributed by atoms with E-state index in [-0.39, 0.29) is 6.42 Å². The molecule has 3 heterocycles. The summed E-state index contributed by atoms with van der Waals surface area (Å²) in [4.78, 5) is 27.4. The summed E-state index contributed by atoms with van der Waals surface area (Å²) in [6.45, 7) is 3.85. The van der Waals surface area contributed by atoms with E-state index in [1.54, 1.807) is 19.5 Å². The Hall–Kier alpha value is -3.82. The Morgan fingerprint density at radius 3 is 2.52 bits per heavy atom. The maximum Gasteiger partial charge on any atom is 0.336 e. The van der Waals surface area contributed by atoms with Gasteiger partial charge in [-0.05, 0) is 17.1 Å². The average molecular weight is 421 g/mol. The van der Waals surface area contributed by atoms with Crippen molar-refractivity contribution in [1.29, 1.82) is 5.41 Å². The van der Waals surface area contributed by atoms with E-state index in [1.165, 1.54) is 0 Å². The first-order chi connectivity index (χ1) is 15.0. The first-order valence-electron chi connectivity index (χ1n) is 9.96. The zero-order valence-corrected chi connectivity index (χ0v) is 17.2. The van der Waals surface area contributed by atoms with Gasteiger partial charge < -0.3 is 24.7 Å². The fraction of sp³-hybridized carbons (Fsp3) is 0.333. The molecule has 1 fully saturated rings. The maximum absolute atomic E-state index is 10.7. The molecule has 0 aliphatic carbocycles. The van der Waals surface area contributed by atoms with Gasteiger partial charge in [0.15, 0.2) is 0 Å². The van der Waals surface area contributed by atoms with Gasteiger partial charge in [-0.15, -0.1) is 5.41 Å². The monoisotopic (exact) mass is 421 g/mol. The second-order valence-corrected chi connectivity index (χ2v) is 7.27. The third-order valence-corrected chi connectivity index (χ3v) is 5.40. The highest BCUT2D eigenvalue weighted by Crippen LogP contribution is 2.31. The predicted octanol–water partition coefficient (Wildman–Crippen LogP) is 2.26. The molecule has 31 heavy (non-hydrogen) atoms. The third kappa shape index (κ3) is 4.52. The molecule has 10 heteroatoms. The second kappa shape index (κ2) is 8.90. The molecule has 0 unspecified atom stereocenters. The van der Waals surface area contributed by atoms with Crippen molar-refractivity contribution < 1.29 is 9.66 Å². The lowest BCUT2D eigenvalue weighted by molar-refractivity contribution is -0.353. The van der Waals surface area contributed by atoms with Crippen LogP contribution in [0.2, 0.25) is 0 Å². The standard InChI is InChI=1S/C21H23N7O3/c1-31-21-24-12-15(13-25-21)18-4-2-3-5-19(18)27-8-6-26(7-9-27)17-10-16(23-14-17)11-20(22)28(29)30/h2-5,10,12-13,22H,6-9,11,14H2,1H3. The lowest BCUT2D eigenvalue weighted by atomic mass is 10.1. The van der Waals surface area contributed by atoms with E-state index in [1.807, 2.05) is 18.2 Å². The second-order valence-electron chi connectivity index (χ2n) is 7.27. The number of hydrogen-bond donors (Lipinski definition) is 1. The number of aromatic nitrogens is 2. The number of hydrogen-bond acceptors (Lipinski definition) is 9. The van der Waals surface area contributed by atoms with Crippen molar-refractivity contribution in [1.82, 2.24) is 14.9 Å². The Morgan fingerprint density at radius 2 is 1.84 bits per heavy atom. The molecule has 0 atom stereocenters. The number of aliphatic imine (C=N–C) groups is 1. The summed E-state index contributed by atoms with van der Waals surface area (Å²) in [5.74, 6) is -0.528. The number of benzene rings is 1. The van der Waals surface area contributed by atoms with Crippen LogP contribution in [0.25, 0.3) is 11.1 Å². The highest BCUT2D eigenvalue weighted by Gasteiger charge is 2.24. The highest BCUT2D eigenvalue weighted by molar-refractivity contribution is 6.07. The third-order valence-electron chi connectivity index (χ3n) is 5.40. The SMILES string of the molecule is COc1ncc(-c2ccccc2N2CCN(C3=CC(CC(=N)[N+](=O)[O-])=NC3)CC2)cn1. The summed E-state index contributed by atoms with van der Waals surface area (Å²) in [6, 6.07) is 8.55. The summed E-state index contributed by atoms with van der Waals surface area (Å²) in [6.07, 6.45) is 5.39. The van der Waals surface area contributed by atoms with Gasteiger partial charge in [-0.25, -0.2) is 9.97 Å². The van der Waals surface area contributed by atoms with E-state index in [4.69, 9.17) is 10.1 Å². The number of ether oxygens (including phenoxy) is 1. The highest BCUT2D eigenvalue weighted by atomic mass is 16.6. The number of methoxy groups -OCH3 is 1. The van der Waals surface area contributed by atoms with E-state index in [2.05, 4.69) is 36.9 Å². The van der Waals surface area contributed by atoms with Gasteiger partial charge in [-0.1, -0.05) is 18.2 Å². The first-order valence-corrected chi connectivity index (χ1v) is 9.96. The Morgan fingerprint density at radius 1 is 1.16 bits per heavy atom. The van der Waals surface area contributed by atoms with Crippen LogP contribution in [0.1, 0.15) is 6.42 Å². The van der Waals surface area contributed by atoms with E-state index < -0.39 is 10.8 Å². The summed E-state index contributed by atoms with van der Waals surface area (Å²) >= 11 is 0. The van der Waals surface area contributed by atoms with Crippen LogP contribution >= 0.6 is 0 Å². The summed E-state index contributed by atoms with van der Waals surface area (Å²) < 4.78 is 5.05. The molecule has 10 nitrogen and oxygen atoms in total. The number of piperazine rings is 1. The smallest absolute Gasteiger partial charge is 0.336 e. The Kier molecular flexibility index (Phi) is 5.87. The molecule has 2 aliphatic rings. The lowest BCUT2D eigenvalue weighted by Gasteiger charge is -2.38. The van der Waals surface area contributed by atoms with Gasteiger partial charge in [0.25, 0.3) is 0 Å². The molecule has 0 spiro atoms. The summed E-state index contributed by atoms with van der Waals surface area (Å²) in [7, 11) is 1.54. The molecule has 2 aliphatic heterocycles. The van der Waals surface area contributed by atoms with Gasteiger partial charge in [0, 0.05) is 66.8 Å². The number of nitro groups is 1. The zero-order valence-electron chi connectivity index (χ0n) is 17.2. The Bertz CT molecular complexity index is 1040.